The van der Waals surface area contributed by atoms with Crippen molar-refractivity contribution in [1.82, 2.24) is 34.7 Å². The standard InChI is InChI=1S/C28H35FN8O2/c1-28(2,3)26(36(13-12-23(30)18-38)25(39)17-37-32-19-31-34-37)27-33-24(21-10-7-11-22(29)14-21)16-35(27)15-20-8-5-4-6-9-20/h4-11,14,16,19,23,26,38H,12-13,15,17-18,30H2,1-3H3/t23-,26-/m0/s1. The Morgan fingerprint density at radius 3 is 2.56 bits per heavy atom. The fourth-order valence-corrected chi connectivity index (χ4v) is 4.60. The molecule has 0 unspecified atom stereocenters. The number of nitrogens with zero attached hydrogens (tertiary/aromatic N) is 7. The molecular formula is C28H35FN8O2. The number of rotatable bonds is 11. The number of benzene rings is 2. The van der Waals surface area contributed by atoms with Gasteiger partial charge in [0.15, 0.2) is 6.33 Å². The quantitative estimate of drug-likeness (QED) is 0.303. The van der Waals surface area contributed by atoms with E-state index >= 15 is 0 Å². The van der Waals surface area contributed by atoms with Crippen molar-refractivity contribution in [2.75, 3.05) is 13.2 Å². The van der Waals surface area contributed by atoms with Gasteiger partial charge in [-0.3, -0.25) is 4.79 Å². The number of amides is 1. The van der Waals surface area contributed by atoms with Crippen LogP contribution in [-0.2, 0) is 17.9 Å². The van der Waals surface area contributed by atoms with E-state index in [0.717, 1.165) is 5.56 Å². The van der Waals surface area contributed by atoms with Crippen LogP contribution in [0.4, 0.5) is 4.39 Å². The zero-order valence-corrected chi connectivity index (χ0v) is 22.5. The summed E-state index contributed by atoms with van der Waals surface area (Å²) >= 11 is 0. The zero-order chi connectivity index (χ0) is 28.0. The van der Waals surface area contributed by atoms with Gasteiger partial charge >= 0.3 is 0 Å². The van der Waals surface area contributed by atoms with Gasteiger partial charge in [-0.05, 0) is 34.7 Å². The number of halogens is 1. The predicted octanol–water partition coefficient (Wildman–Crippen LogP) is 3.05. The summed E-state index contributed by atoms with van der Waals surface area (Å²) in [5.41, 5.74) is 7.89. The predicted molar refractivity (Wildman–Crippen MR) is 145 cm³/mol. The molecule has 2 atom stereocenters. The van der Waals surface area contributed by atoms with Crippen LogP contribution in [0.15, 0.2) is 67.1 Å². The summed E-state index contributed by atoms with van der Waals surface area (Å²) in [4.78, 5) is 21.7. The highest BCUT2D eigenvalue weighted by Gasteiger charge is 2.38. The highest BCUT2D eigenvalue weighted by atomic mass is 19.1. The third-order valence-corrected chi connectivity index (χ3v) is 6.46. The average Bonchev–Trinajstić information content (AvgIpc) is 3.56. The molecule has 1 amide bonds. The number of carbonyl (C=O) groups is 1. The fourth-order valence-electron chi connectivity index (χ4n) is 4.60. The van der Waals surface area contributed by atoms with Gasteiger partial charge in [-0.25, -0.2) is 9.37 Å². The van der Waals surface area contributed by atoms with Gasteiger partial charge < -0.3 is 20.3 Å². The van der Waals surface area contributed by atoms with Gasteiger partial charge in [0.1, 0.15) is 18.2 Å². The second-order valence-corrected chi connectivity index (χ2v) is 10.7. The number of imidazole rings is 1. The first kappa shape index (κ1) is 28.1. The molecule has 2 aromatic heterocycles. The van der Waals surface area contributed by atoms with Crippen LogP contribution in [0.25, 0.3) is 11.3 Å². The molecule has 0 radical (unpaired) electrons. The maximum Gasteiger partial charge on any atom is 0.246 e. The lowest BCUT2D eigenvalue weighted by Gasteiger charge is -2.40. The summed E-state index contributed by atoms with van der Waals surface area (Å²) in [5.74, 6) is 0.0665. The van der Waals surface area contributed by atoms with E-state index < -0.39 is 17.5 Å². The normalized spacial score (nSPS) is 13.3. The highest BCUT2D eigenvalue weighted by molar-refractivity contribution is 5.76. The van der Waals surface area contributed by atoms with Gasteiger partial charge in [0.2, 0.25) is 5.91 Å². The first-order valence-corrected chi connectivity index (χ1v) is 12.9. The first-order chi connectivity index (χ1) is 18.7. The van der Waals surface area contributed by atoms with E-state index in [4.69, 9.17) is 10.7 Å². The number of aromatic nitrogens is 6. The minimum Gasteiger partial charge on any atom is -0.395 e. The minimum absolute atomic E-state index is 0.114. The number of aliphatic hydroxyl groups is 1. The van der Waals surface area contributed by atoms with Crippen molar-refractivity contribution in [3.05, 3.63) is 84.3 Å². The van der Waals surface area contributed by atoms with Crippen molar-refractivity contribution in [3.8, 4) is 11.3 Å². The van der Waals surface area contributed by atoms with E-state index in [1.54, 1.807) is 11.0 Å². The number of tetrazole rings is 1. The Bertz CT molecular complexity index is 1350. The van der Waals surface area contributed by atoms with Gasteiger partial charge in [-0.1, -0.05) is 63.2 Å². The van der Waals surface area contributed by atoms with Gasteiger partial charge in [0.25, 0.3) is 0 Å². The average molecular weight is 535 g/mol. The monoisotopic (exact) mass is 534 g/mol. The van der Waals surface area contributed by atoms with Crippen molar-refractivity contribution in [3.63, 3.8) is 0 Å². The van der Waals surface area contributed by atoms with E-state index in [0.29, 0.717) is 30.0 Å². The van der Waals surface area contributed by atoms with Crippen LogP contribution in [0.2, 0.25) is 0 Å². The van der Waals surface area contributed by atoms with Crippen LogP contribution in [0.5, 0.6) is 0 Å². The summed E-state index contributed by atoms with van der Waals surface area (Å²) in [5, 5.41) is 21.1. The third-order valence-electron chi connectivity index (χ3n) is 6.46. The van der Waals surface area contributed by atoms with Gasteiger partial charge in [-0.15, -0.1) is 10.2 Å². The molecule has 0 saturated heterocycles. The Morgan fingerprint density at radius 1 is 1.15 bits per heavy atom. The summed E-state index contributed by atoms with van der Waals surface area (Å²) in [7, 11) is 0. The van der Waals surface area contributed by atoms with Crippen LogP contribution in [-0.4, -0.2) is 64.9 Å². The largest absolute Gasteiger partial charge is 0.395 e. The van der Waals surface area contributed by atoms with Crippen molar-refractivity contribution >= 4 is 5.91 Å². The smallest absolute Gasteiger partial charge is 0.246 e. The molecule has 0 spiro atoms. The summed E-state index contributed by atoms with van der Waals surface area (Å²) in [6.07, 6.45) is 3.56. The maximum atomic E-state index is 14.1. The van der Waals surface area contributed by atoms with E-state index in [9.17, 15) is 14.3 Å². The van der Waals surface area contributed by atoms with Gasteiger partial charge in [-0.2, -0.15) is 4.80 Å². The van der Waals surface area contributed by atoms with Crippen LogP contribution >= 0.6 is 0 Å². The molecule has 0 fully saturated rings. The Kier molecular flexibility index (Phi) is 8.82. The molecule has 39 heavy (non-hydrogen) atoms. The van der Waals surface area contributed by atoms with Gasteiger partial charge in [0.05, 0.1) is 18.3 Å². The maximum absolute atomic E-state index is 14.1. The lowest BCUT2D eigenvalue weighted by molar-refractivity contribution is -0.138. The van der Waals surface area contributed by atoms with Crippen molar-refractivity contribution in [1.29, 1.82) is 0 Å². The lowest BCUT2D eigenvalue weighted by atomic mass is 9.84. The summed E-state index contributed by atoms with van der Waals surface area (Å²) in [6.45, 7) is 6.61. The van der Waals surface area contributed by atoms with Crippen LogP contribution in [0, 0.1) is 11.2 Å². The lowest BCUT2D eigenvalue weighted by Crippen LogP contribution is -2.46. The molecule has 11 heteroatoms. The molecule has 0 aliphatic carbocycles. The minimum atomic E-state index is -0.495. The molecule has 4 rings (SSSR count). The van der Waals surface area contributed by atoms with Gasteiger partial charge in [0, 0.05) is 30.9 Å². The van der Waals surface area contributed by atoms with Crippen molar-refractivity contribution in [2.24, 2.45) is 11.1 Å². The molecule has 3 N–H and O–H groups in total. The van der Waals surface area contributed by atoms with Crippen molar-refractivity contribution < 1.29 is 14.3 Å². The van der Waals surface area contributed by atoms with Crippen molar-refractivity contribution in [2.45, 2.75) is 52.4 Å². The van der Waals surface area contributed by atoms with Crippen LogP contribution in [0.3, 0.4) is 0 Å². The van der Waals surface area contributed by atoms with E-state index in [1.807, 2.05) is 67.9 Å². The Labute approximate surface area is 227 Å². The molecule has 0 aliphatic heterocycles. The Morgan fingerprint density at radius 2 is 1.92 bits per heavy atom. The Hall–Kier alpha value is -3.96. The van der Waals surface area contributed by atoms with Crippen LogP contribution in [0.1, 0.15) is 44.6 Å². The molecular weight excluding hydrogens is 499 g/mol. The number of hydrogen-bond donors (Lipinski definition) is 2. The molecule has 2 aromatic carbocycles. The summed E-state index contributed by atoms with van der Waals surface area (Å²) in [6, 6.07) is 15.3. The SMILES string of the molecule is CC(C)(C)[C@H](c1nc(-c2cccc(F)c2)cn1Cc1ccccc1)N(CC[C@H](N)CO)C(=O)Cn1ncnn1. The number of nitrogens with two attached hydrogens (primary N) is 1. The molecule has 0 bridgehead atoms. The fraction of sp³-hybridized carbons (Fsp3) is 0.393. The molecule has 0 aliphatic rings. The molecule has 206 valence electrons. The second-order valence-electron chi connectivity index (χ2n) is 10.7. The third kappa shape index (κ3) is 7.12. The van der Waals surface area contributed by atoms with E-state index in [2.05, 4.69) is 15.4 Å². The molecule has 4 aromatic rings. The molecule has 0 saturated carbocycles. The van der Waals surface area contributed by atoms with E-state index in [1.165, 1.54) is 23.3 Å². The molecule has 10 nitrogen and oxygen atoms in total. The van der Waals surface area contributed by atoms with E-state index in [-0.39, 0.29) is 31.4 Å². The first-order valence-electron chi connectivity index (χ1n) is 12.9. The topological polar surface area (TPSA) is 128 Å². The summed E-state index contributed by atoms with van der Waals surface area (Å²) < 4.78 is 16.2. The number of carbonyl (C=O) groups excluding carboxylic acids is 1. The zero-order valence-electron chi connectivity index (χ0n) is 22.5. The number of aliphatic hydroxyl groups excluding tert-OH is 1. The second kappa shape index (κ2) is 12.3. The number of hydrogen-bond acceptors (Lipinski definition) is 7. The highest BCUT2D eigenvalue weighted by Crippen LogP contribution is 2.39. The molecule has 2 heterocycles. The Balaban J connectivity index is 1.82. The van der Waals surface area contributed by atoms with Crippen LogP contribution < -0.4 is 5.73 Å².